The number of carbonyl (C=O) groups is 2. The monoisotopic (exact) mass is 202 g/mol. The Morgan fingerprint density at radius 3 is 2.67 bits per heavy atom. The van der Waals surface area contributed by atoms with Crippen LogP contribution >= 0.6 is 0 Å². The first kappa shape index (κ1) is 10.1. The summed E-state index contributed by atoms with van der Waals surface area (Å²) in [6.45, 7) is 1.68. The van der Waals surface area contributed by atoms with Crippen molar-refractivity contribution in [2.45, 2.75) is 26.2 Å². The average Bonchev–Trinajstić information content (AvgIpc) is 2.25. The number of allylic oxidation sites excluding steroid dienone is 6. The van der Waals surface area contributed by atoms with Crippen molar-refractivity contribution in [3.63, 3.8) is 0 Å². The third kappa shape index (κ3) is 1.99. The third-order valence-electron chi connectivity index (χ3n) is 2.96. The van der Waals surface area contributed by atoms with Gasteiger partial charge in [0.1, 0.15) is 0 Å². The van der Waals surface area contributed by atoms with Crippen molar-refractivity contribution in [1.82, 2.24) is 0 Å². The Kier molecular flexibility index (Phi) is 2.67. The zero-order valence-corrected chi connectivity index (χ0v) is 8.82. The van der Waals surface area contributed by atoms with Crippen LogP contribution in [0.1, 0.15) is 26.2 Å². The lowest BCUT2D eigenvalue weighted by Gasteiger charge is -2.20. The van der Waals surface area contributed by atoms with Gasteiger partial charge in [0, 0.05) is 17.1 Å². The first-order valence-corrected chi connectivity index (χ1v) is 5.33. The minimum atomic E-state index is -0.0245. The van der Waals surface area contributed by atoms with E-state index in [0.717, 1.165) is 19.3 Å². The smallest absolute Gasteiger partial charge is 0.182 e. The number of ketones is 2. The highest BCUT2D eigenvalue weighted by Crippen LogP contribution is 2.27. The van der Waals surface area contributed by atoms with Gasteiger partial charge in [-0.05, 0) is 38.3 Å². The van der Waals surface area contributed by atoms with E-state index >= 15 is 0 Å². The quantitative estimate of drug-likeness (QED) is 0.483. The molecule has 2 aliphatic rings. The van der Waals surface area contributed by atoms with Crippen LogP contribution in [0.4, 0.5) is 0 Å². The molecule has 1 unspecified atom stereocenters. The first-order valence-electron chi connectivity index (χ1n) is 5.33. The second kappa shape index (κ2) is 3.97. The first-order chi connectivity index (χ1) is 7.18. The van der Waals surface area contributed by atoms with Crippen molar-refractivity contribution >= 4 is 11.6 Å². The van der Waals surface area contributed by atoms with Crippen molar-refractivity contribution in [2.75, 3.05) is 0 Å². The van der Waals surface area contributed by atoms with E-state index in [1.54, 1.807) is 6.92 Å². The summed E-state index contributed by atoms with van der Waals surface area (Å²) in [5.74, 6) is 0.131. The summed E-state index contributed by atoms with van der Waals surface area (Å²) in [5.41, 5.74) is 1.21. The van der Waals surface area contributed by atoms with E-state index < -0.39 is 0 Å². The molecule has 0 spiro atoms. The molecule has 0 heterocycles. The van der Waals surface area contributed by atoms with Gasteiger partial charge in [0.05, 0.1) is 0 Å². The topological polar surface area (TPSA) is 34.1 Å². The summed E-state index contributed by atoms with van der Waals surface area (Å²) in [7, 11) is 0. The molecule has 0 aromatic carbocycles. The van der Waals surface area contributed by atoms with Crippen LogP contribution in [-0.4, -0.2) is 11.6 Å². The molecule has 0 amide bonds. The molecule has 2 aliphatic carbocycles. The van der Waals surface area contributed by atoms with Gasteiger partial charge in [0.25, 0.3) is 0 Å². The van der Waals surface area contributed by atoms with E-state index in [9.17, 15) is 9.59 Å². The SMILES string of the molecule is CC1=CC(=O)C(C2C=CCCC2)=CC1=O. The Labute approximate surface area is 89.4 Å². The molecule has 0 radical (unpaired) electrons. The molecule has 0 aromatic heterocycles. The average molecular weight is 202 g/mol. The fourth-order valence-electron chi connectivity index (χ4n) is 2.04. The van der Waals surface area contributed by atoms with Gasteiger partial charge in [0.2, 0.25) is 0 Å². The zero-order valence-electron chi connectivity index (χ0n) is 8.82. The molecule has 2 nitrogen and oxygen atoms in total. The Balaban J connectivity index is 2.26. The lowest BCUT2D eigenvalue weighted by Crippen LogP contribution is -2.18. The molecule has 15 heavy (non-hydrogen) atoms. The van der Waals surface area contributed by atoms with E-state index in [1.165, 1.54) is 12.2 Å². The van der Waals surface area contributed by atoms with Gasteiger partial charge >= 0.3 is 0 Å². The molecular weight excluding hydrogens is 188 g/mol. The molecule has 0 saturated carbocycles. The van der Waals surface area contributed by atoms with Gasteiger partial charge in [-0.25, -0.2) is 0 Å². The third-order valence-corrected chi connectivity index (χ3v) is 2.96. The molecule has 0 bridgehead atoms. The molecule has 0 N–H and O–H groups in total. The highest BCUT2D eigenvalue weighted by molar-refractivity contribution is 6.20. The van der Waals surface area contributed by atoms with Crippen molar-refractivity contribution < 1.29 is 9.59 Å². The van der Waals surface area contributed by atoms with Crippen LogP contribution in [0.5, 0.6) is 0 Å². The van der Waals surface area contributed by atoms with E-state index in [-0.39, 0.29) is 17.5 Å². The summed E-state index contributed by atoms with van der Waals surface area (Å²) in [5, 5.41) is 0. The van der Waals surface area contributed by atoms with Crippen molar-refractivity contribution in [3.05, 3.63) is 35.5 Å². The molecular formula is C13H14O2. The van der Waals surface area contributed by atoms with Crippen LogP contribution in [0.2, 0.25) is 0 Å². The Morgan fingerprint density at radius 1 is 1.20 bits per heavy atom. The molecule has 2 rings (SSSR count). The van der Waals surface area contributed by atoms with Crippen LogP contribution in [0.15, 0.2) is 35.5 Å². The standard InChI is InChI=1S/C13H14O2/c1-9-7-13(15)11(8-12(9)14)10-5-3-2-4-6-10/h3,5,7-8,10H,2,4,6H2,1H3. The minimum Gasteiger partial charge on any atom is -0.290 e. The Morgan fingerprint density at radius 2 is 2.00 bits per heavy atom. The molecule has 0 saturated heterocycles. The maximum absolute atomic E-state index is 11.7. The van der Waals surface area contributed by atoms with Gasteiger partial charge in [0.15, 0.2) is 11.6 Å². The highest BCUT2D eigenvalue weighted by atomic mass is 16.1. The highest BCUT2D eigenvalue weighted by Gasteiger charge is 2.23. The molecule has 78 valence electrons. The van der Waals surface area contributed by atoms with E-state index in [4.69, 9.17) is 0 Å². The molecule has 1 atom stereocenters. The predicted molar refractivity (Wildman–Crippen MR) is 58.3 cm³/mol. The van der Waals surface area contributed by atoms with Gasteiger partial charge in [-0.1, -0.05) is 12.2 Å². The summed E-state index contributed by atoms with van der Waals surface area (Å²) < 4.78 is 0. The number of carbonyl (C=O) groups excluding carboxylic acids is 2. The fraction of sp³-hybridized carbons (Fsp3) is 0.385. The predicted octanol–water partition coefficient (Wildman–Crippen LogP) is 2.37. The van der Waals surface area contributed by atoms with Crippen molar-refractivity contribution in [2.24, 2.45) is 5.92 Å². The van der Waals surface area contributed by atoms with Gasteiger partial charge in [-0.2, -0.15) is 0 Å². The summed E-state index contributed by atoms with van der Waals surface area (Å²) in [6.07, 6.45) is 10.3. The lowest BCUT2D eigenvalue weighted by molar-refractivity contribution is -0.115. The number of hydrogen-bond acceptors (Lipinski definition) is 2. The molecule has 0 fully saturated rings. The lowest BCUT2D eigenvalue weighted by atomic mass is 9.83. The van der Waals surface area contributed by atoms with Crippen LogP contribution in [0.3, 0.4) is 0 Å². The zero-order chi connectivity index (χ0) is 10.8. The maximum Gasteiger partial charge on any atom is 0.182 e. The van der Waals surface area contributed by atoms with Gasteiger partial charge < -0.3 is 0 Å². The second-order valence-electron chi connectivity index (χ2n) is 4.12. The molecule has 0 aromatic rings. The fourth-order valence-corrected chi connectivity index (χ4v) is 2.04. The van der Waals surface area contributed by atoms with Crippen molar-refractivity contribution in [3.8, 4) is 0 Å². The van der Waals surface area contributed by atoms with Gasteiger partial charge in [-0.3, -0.25) is 9.59 Å². The summed E-state index contributed by atoms with van der Waals surface area (Å²) in [6, 6.07) is 0. The van der Waals surface area contributed by atoms with Crippen LogP contribution < -0.4 is 0 Å². The summed E-state index contributed by atoms with van der Waals surface area (Å²) >= 11 is 0. The van der Waals surface area contributed by atoms with Crippen LogP contribution in [-0.2, 0) is 9.59 Å². The number of rotatable bonds is 1. The second-order valence-corrected chi connectivity index (χ2v) is 4.12. The van der Waals surface area contributed by atoms with Gasteiger partial charge in [-0.15, -0.1) is 0 Å². The Bertz CT molecular complexity index is 397. The van der Waals surface area contributed by atoms with Crippen molar-refractivity contribution in [1.29, 1.82) is 0 Å². The normalized spacial score (nSPS) is 26.3. The number of hydrogen-bond donors (Lipinski definition) is 0. The minimum absolute atomic E-state index is 0.00338. The van der Waals surface area contributed by atoms with E-state index in [2.05, 4.69) is 12.2 Å². The van der Waals surface area contributed by atoms with Crippen LogP contribution in [0, 0.1) is 5.92 Å². The molecule has 2 heteroatoms. The molecule has 0 aliphatic heterocycles. The van der Waals surface area contributed by atoms with E-state index in [0.29, 0.717) is 11.1 Å². The largest absolute Gasteiger partial charge is 0.290 e. The van der Waals surface area contributed by atoms with E-state index in [1.807, 2.05) is 0 Å². The Hall–Kier alpha value is -1.44. The van der Waals surface area contributed by atoms with Crippen LogP contribution in [0.25, 0.3) is 0 Å². The summed E-state index contributed by atoms with van der Waals surface area (Å²) in [4.78, 5) is 23.2. The maximum atomic E-state index is 11.7.